The minimum atomic E-state index is -1.08. The van der Waals surface area contributed by atoms with E-state index in [4.69, 9.17) is 4.98 Å². The number of aryl methyl sites for hydroxylation is 1. The number of fused-ring (bicyclic) bond motifs is 1. The zero-order chi connectivity index (χ0) is 31.8. The molecule has 4 N–H and O–H groups in total. The summed E-state index contributed by atoms with van der Waals surface area (Å²) >= 11 is 0. The van der Waals surface area contributed by atoms with Crippen LogP contribution >= 0.6 is 0 Å². The van der Waals surface area contributed by atoms with Crippen LogP contribution in [0.15, 0.2) is 24.4 Å². The first kappa shape index (κ1) is 31.1. The van der Waals surface area contributed by atoms with E-state index in [1.54, 1.807) is 23.3 Å². The van der Waals surface area contributed by atoms with Crippen molar-refractivity contribution in [3.8, 4) is 0 Å². The third-order valence-corrected chi connectivity index (χ3v) is 8.51. The first-order valence-corrected chi connectivity index (χ1v) is 15.3. The number of aromatic amines is 1. The van der Waals surface area contributed by atoms with Gasteiger partial charge in [-0.1, -0.05) is 0 Å². The molecule has 3 aromatic heterocycles. The van der Waals surface area contributed by atoms with Gasteiger partial charge in [0.05, 0.1) is 0 Å². The largest absolute Gasteiger partial charge is 0.465 e. The monoisotopic (exact) mass is 608 g/mol. The van der Waals surface area contributed by atoms with Crippen LogP contribution in [0, 0.1) is 12.8 Å². The molecule has 0 spiro atoms. The lowest BCUT2D eigenvalue weighted by Gasteiger charge is -2.43. The van der Waals surface area contributed by atoms with Gasteiger partial charge in [0, 0.05) is 61.6 Å². The van der Waals surface area contributed by atoms with Crippen molar-refractivity contribution in [1.82, 2.24) is 39.9 Å². The number of rotatable bonds is 7. The van der Waals surface area contributed by atoms with Crippen LogP contribution in [0.25, 0.3) is 5.52 Å². The highest BCUT2D eigenvalue weighted by atomic mass is 16.4. The quantitative estimate of drug-likeness (QED) is 0.315. The van der Waals surface area contributed by atoms with E-state index in [-0.39, 0.29) is 23.8 Å². The number of hydrogen-bond acceptors (Lipinski definition) is 8. The fourth-order valence-corrected chi connectivity index (χ4v) is 6.31. The molecular formula is C30H44N10O4. The molecule has 1 aliphatic heterocycles. The molecule has 14 heteroatoms. The summed E-state index contributed by atoms with van der Waals surface area (Å²) in [4.78, 5) is 48.8. The van der Waals surface area contributed by atoms with Gasteiger partial charge in [-0.25, -0.2) is 9.31 Å². The van der Waals surface area contributed by atoms with E-state index in [1.165, 1.54) is 4.90 Å². The molecule has 14 nitrogen and oxygen atoms in total. The molecule has 2 aliphatic rings. The second kappa shape index (κ2) is 12.0. The number of H-pyrrole nitrogens is 1. The molecule has 0 atom stereocenters. The summed E-state index contributed by atoms with van der Waals surface area (Å²) in [6.07, 6.45) is 3.34. The molecule has 44 heavy (non-hydrogen) atoms. The molecule has 1 saturated heterocycles. The van der Waals surface area contributed by atoms with Gasteiger partial charge >= 0.3 is 6.09 Å². The number of nitrogens with one attached hydrogen (secondary N) is 3. The van der Waals surface area contributed by atoms with E-state index >= 15 is 0 Å². The van der Waals surface area contributed by atoms with Crippen LogP contribution in [0.1, 0.15) is 66.0 Å². The second-order valence-electron chi connectivity index (χ2n) is 13.4. The number of piperazine rings is 1. The molecule has 238 valence electrons. The van der Waals surface area contributed by atoms with Gasteiger partial charge in [-0.05, 0) is 79.4 Å². The van der Waals surface area contributed by atoms with Crippen LogP contribution in [0.4, 0.5) is 22.4 Å². The Balaban J connectivity index is 1.17. The van der Waals surface area contributed by atoms with Crippen molar-refractivity contribution in [3.05, 3.63) is 30.1 Å². The zero-order valence-corrected chi connectivity index (χ0v) is 26.4. The number of nitrogens with zero attached hydrogens (tertiary/aromatic N) is 7. The second-order valence-corrected chi connectivity index (χ2v) is 13.4. The molecule has 1 saturated carbocycles. The van der Waals surface area contributed by atoms with E-state index in [0.717, 1.165) is 11.2 Å². The Labute approximate surface area is 257 Å². The van der Waals surface area contributed by atoms with E-state index < -0.39 is 17.2 Å². The summed E-state index contributed by atoms with van der Waals surface area (Å²) < 4.78 is 1.77. The van der Waals surface area contributed by atoms with Crippen LogP contribution < -0.4 is 15.5 Å². The molecule has 0 bridgehead atoms. The van der Waals surface area contributed by atoms with Crippen LogP contribution in [0.5, 0.6) is 0 Å². The Bertz CT molecular complexity index is 1510. The molecule has 5 rings (SSSR count). The smallest absolute Gasteiger partial charge is 0.407 e. The third kappa shape index (κ3) is 6.58. The Morgan fingerprint density at radius 3 is 2.32 bits per heavy atom. The number of carbonyl (C=O) groups excluding carboxylic acids is 2. The Morgan fingerprint density at radius 2 is 1.73 bits per heavy atom. The predicted octanol–water partition coefficient (Wildman–Crippen LogP) is 3.39. The molecule has 2 fully saturated rings. The predicted molar refractivity (Wildman–Crippen MR) is 166 cm³/mol. The van der Waals surface area contributed by atoms with Crippen LogP contribution in [0.2, 0.25) is 0 Å². The van der Waals surface area contributed by atoms with Gasteiger partial charge in [-0.15, -0.1) is 5.10 Å². The van der Waals surface area contributed by atoms with Gasteiger partial charge in [0.15, 0.2) is 11.6 Å². The van der Waals surface area contributed by atoms with E-state index in [1.807, 2.05) is 57.0 Å². The summed E-state index contributed by atoms with van der Waals surface area (Å²) in [6, 6.07) is 5.62. The minimum Gasteiger partial charge on any atom is -0.465 e. The van der Waals surface area contributed by atoms with E-state index in [2.05, 4.69) is 25.9 Å². The molecule has 3 amide bonds. The summed E-state index contributed by atoms with van der Waals surface area (Å²) in [5.74, 6) is 1.30. The molecule has 0 unspecified atom stereocenters. The number of amides is 3. The summed E-state index contributed by atoms with van der Waals surface area (Å²) in [5.41, 5.74) is 0.170. The third-order valence-electron chi connectivity index (χ3n) is 8.51. The van der Waals surface area contributed by atoms with Crippen LogP contribution in [0.3, 0.4) is 0 Å². The van der Waals surface area contributed by atoms with E-state index in [0.29, 0.717) is 69.4 Å². The number of hydrogen-bond donors (Lipinski definition) is 4. The first-order chi connectivity index (χ1) is 20.7. The topological polar surface area (TPSA) is 164 Å². The normalized spacial score (nSPS) is 19.6. The first-order valence-electron chi connectivity index (χ1n) is 15.3. The van der Waals surface area contributed by atoms with Crippen molar-refractivity contribution in [3.63, 3.8) is 0 Å². The summed E-state index contributed by atoms with van der Waals surface area (Å²) in [6.45, 7) is 13.1. The number of carboxylic acid groups (broad SMARTS) is 1. The fourth-order valence-electron chi connectivity index (χ4n) is 6.31. The molecular weight excluding hydrogens is 564 g/mol. The molecule has 0 aromatic carbocycles. The van der Waals surface area contributed by atoms with Gasteiger partial charge in [0.1, 0.15) is 11.1 Å². The van der Waals surface area contributed by atoms with Crippen molar-refractivity contribution in [2.75, 3.05) is 36.4 Å². The summed E-state index contributed by atoms with van der Waals surface area (Å²) in [5, 5.41) is 27.9. The Kier molecular flexibility index (Phi) is 8.45. The van der Waals surface area contributed by atoms with Crippen LogP contribution in [-0.4, -0.2) is 101 Å². The number of anilines is 3. The van der Waals surface area contributed by atoms with Crippen molar-refractivity contribution >= 4 is 41.0 Å². The van der Waals surface area contributed by atoms with Crippen molar-refractivity contribution in [2.24, 2.45) is 5.92 Å². The fraction of sp³-hybridized carbons (Fsp3) is 0.600. The minimum absolute atomic E-state index is 0.119. The number of aromatic nitrogens is 5. The van der Waals surface area contributed by atoms with Gasteiger partial charge in [-0.2, -0.15) is 10.1 Å². The van der Waals surface area contributed by atoms with Gasteiger partial charge in [0.2, 0.25) is 17.8 Å². The maximum Gasteiger partial charge on any atom is 0.407 e. The van der Waals surface area contributed by atoms with Gasteiger partial charge in [0.25, 0.3) is 0 Å². The Morgan fingerprint density at radius 1 is 1.05 bits per heavy atom. The lowest BCUT2D eigenvalue weighted by atomic mass is 9.83. The van der Waals surface area contributed by atoms with Crippen molar-refractivity contribution in [1.29, 1.82) is 0 Å². The molecule has 0 radical (unpaired) electrons. The average molecular weight is 609 g/mol. The highest BCUT2D eigenvalue weighted by Crippen LogP contribution is 2.32. The average Bonchev–Trinajstić information content (AvgIpc) is 3.60. The van der Waals surface area contributed by atoms with E-state index in [9.17, 15) is 19.5 Å². The molecule has 3 aromatic rings. The maximum absolute atomic E-state index is 13.6. The maximum atomic E-state index is 13.6. The zero-order valence-electron chi connectivity index (χ0n) is 26.4. The highest BCUT2D eigenvalue weighted by molar-refractivity contribution is 5.91. The Hall–Kier alpha value is -4.36. The van der Waals surface area contributed by atoms with Crippen molar-refractivity contribution < 1.29 is 19.5 Å². The SMILES string of the molecule is Cc1cc(Nc2nc(N3CCN(C(=O)C(C)(C)NC(=O)C4CCC(N(C(=O)O)C(C)(C)C)CC4)CC3)nn3cccc23)n[nH]1. The molecule has 1 aliphatic carbocycles. The number of carbonyl (C=O) groups is 3. The lowest BCUT2D eigenvalue weighted by molar-refractivity contribution is -0.142. The molecule has 4 heterocycles. The summed E-state index contributed by atoms with van der Waals surface area (Å²) in [7, 11) is 0. The lowest BCUT2D eigenvalue weighted by Crippen LogP contribution is -2.60. The standard InChI is InChI=1S/C30H44N10O4/c1-19-18-23(35-34-19)31-24-22-8-7-13-39(22)36-27(32-24)38-16-14-37(15-17-38)26(42)30(5,6)33-25(41)20-9-11-21(12-10-20)40(28(43)44)29(2,3)4/h7-8,13,18,20-21H,9-12,14-17H2,1-6H3,(H,33,41)(H,43,44)(H2,31,32,34,35,36). The highest BCUT2D eigenvalue weighted by Gasteiger charge is 2.40. The van der Waals surface area contributed by atoms with Crippen LogP contribution in [-0.2, 0) is 9.59 Å². The van der Waals surface area contributed by atoms with Crippen molar-refractivity contribution in [2.45, 2.75) is 84.3 Å². The van der Waals surface area contributed by atoms with Gasteiger partial charge < -0.3 is 30.4 Å². The van der Waals surface area contributed by atoms with Gasteiger partial charge in [-0.3, -0.25) is 14.7 Å².